The van der Waals surface area contributed by atoms with Gasteiger partial charge in [-0.25, -0.2) is 4.98 Å². The van der Waals surface area contributed by atoms with Crippen LogP contribution in [-0.2, 0) is 0 Å². The number of nitrogens with zero attached hydrogens (tertiary/aromatic N) is 2. The monoisotopic (exact) mass is 337 g/mol. The molecule has 0 bridgehead atoms. The number of aromatic nitrogens is 2. The van der Waals surface area contributed by atoms with Crippen molar-refractivity contribution in [2.75, 3.05) is 16.8 Å². The van der Waals surface area contributed by atoms with Crippen LogP contribution >= 0.6 is 31.9 Å². The van der Waals surface area contributed by atoms with Crippen LogP contribution in [0.4, 0.5) is 5.82 Å². The van der Waals surface area contributed by atoms with Gasteiger partial charge in [-0.3, -0.25) is 4.79 Å². The second-order valence-corrected chi connectivity index (χ2v) is 4.93. The molecular formula is C9H13Br2N3O. The van der Waals surface area contributed by atoms with E-state index in [2.05, 4.69) is 60.6 Å². The predicted octanol–water partition coefficient (Wildman–Crippen LogP) is 2.14. The van der Waals surface area contributed by atoms with E-state index in [1.54, 1.807) is 0 Å². The summed E-state index contributed by atoms with van der Waals surface area (Å²) in [4.78, 5) is 20.2. The molecule has 0 aliphatic rings. The average Bonchev–Trinajstić information content (AvgIpc) is 2.19. The van der Waals surface area contributed by atoms with Crippen LogP contribution < -0.4 is 10.5 Å². The van der Waals surface area contributed by atoms with Crippen molar-refractivity contribution < 1.29 is 0 Å². The fraction of sp³-hybridized carbons (Fsp3) is 0.556. The van der Waals surface area contributed by atoms with E-state index in [0.717, 1.165) is 11.9 Å². The Morgan fingerprint density at radius 1 is 1.60 bits per heavy atom. The summed E-state index contributed by atoms with van der Waals surface area (Å²) < 4.78 is 0.486. The Bertz CT molecular complexity index is 378. The lowest BCUT2D eigenvalue weighted by molar-refractivity contribution is 0.693. The molecule has 0 aliphatic carbocycles. The lowest BCUT2D eigenvalue weighted by Crippen LogP contribution is -2.34. The molecule has 6 heteroatoms. The van der Waals surface area contributed by atoms with Gasteiger partial charge in [0.2, 0.25) is 0 Å². The van der Waals surface area contributed by atoms with Crippen LogP contribution in [0.5, 0.6) is 0 Å². The predicted molar refractivity (Wildman–Crippen MR) is 68.8 cm³/mol. The van der Waals surface area contributed by atoms with Crippen LogP contribution in [-0.4, -0.2) is 27.9 Å². The minimum absolute atomic E-state index is 0.153. The lowest BCUT2D eigenvalue weighted by atomic mass is 10.3. The van der Waals surface area contributed by atoms with Gasteiger partial charge in [0.05, 0.1) is 6.33 Å². The zero-order valence-electron chi connectivity index (χ0n) is 8.63. The Balaban J connectivity index is 3.11. The van der Waals surface area contributed by atoms with E-state index in [9.17, 15) is 4.79 Å². The van der Waals surface area contributed by atoms with Gasteiger partial charge in [-0.1, -0.05) is 15.9 Å². The van der Waals surface area contributed by atoms with Crippen LogP contribution in [0.2, 0.25) is 0 Å². The van der Waals surface area contributed by atoms with Crippen molar-refractivity contribution in [1.82, 2.24) is 9.97 Å². The molecule has 0 spiro atoms. The molecule has 84 valence electrons. The van der Waals surface area contributed by atoms with Crippen LogP contribution in [0.1, 0.15) is 13.8 Å². The maximum Gasteiger partial charge on any atom is 0.267 e. The molecule has 0 saturated heterocycles. The summed E-state index contributed by atoms with van der Waals surface area (Å²) in [7, 11) is 0. The molecule has 0 amide bonds. The van der Waals surface area contributed by atoms with Gasteiger partial charge in [-0.2, -0.15) is 0 Å². The Labute approximate surface area is 105 Å². The minimum Gasteiger partial charge on any atom is -0.352 e. The first-order valence-corrected chi connectivity index (χ1v) is 6.55. The highest BCUT2D eigenvalue weighted by atomic mass is 79.9. The third-order valence-corrected chi connectivity index (χ3v) is 3.07. The molecule has 0 fully saturated rings. The normalized spacial score (nSPS) is 10.7. The van der Waals surface area contributed by atoms with Crippen molar-refractivity contribution in [3.8, 4) is 0 Å². The molecule has 15 heavy (non-hydrogen) atoms. The van der Waals surface area contributed by atoms with Gasteiger partial charge in [0, 0.05) is 17.9 Å². The summed E-state index contributed by atoms with van der Waals surface area (Å²) in [6.45, 7) is 4.95. The van der Waals surface area contributed by atoms with E-state index in [4.69, 9.17) is 0 Å². The van der Waals surface area contributed by atoms with Crippen molar-refractivity contribution in [3.63, 3.8) is 0 Å². The van der Waals surface area contributed by atoms with Gasteiger partial charge in [0.1, 0.15) is 4.47 Å². The Morgan fingerprint density at radius 3 is 2.80 bits per heavy atom. The third-order valence-electron chi connectivity index (χ3n) is 2.00. The average molecular weight is 339 g/mol. The molecule has 0 saturated carbocycles. The minimum atomic E-state index is -0.153. The largest absolute Gasteiger partial charge is 0.352 e. The van der Waals surface area contributed by atoms with Gasteiger partial charge >= 0.3 is 0 Å². The van der Waals surface area contributed by atoms with E-state index >= 15 is 0 Å². The van der Waals surface area contributed by atoms with Crippen LogP contribution in [0, 0.1) is 0 Å². The standard InChI is InChI=1S/C9H13Br2N3O/c1-6(2)14(4-3-10)8-7(11)9(15)13-5-12-8/h5-6H,3-4H2,1-2H3,(H,12,13,15). The molecule has 0 atom stereocenters. The number of alkyl halides is 1. The zero-order chi connectivity index (χ0) is 11.4. The molecule has 1 aromatic heterocycles. The third kappa shape index (κ3) is 3.04. The molecule has 1 heterocycles. The maximum absolute atomic E-state index is 11.4. The van der Waals surface area contributed by atoms with Crippen molar-refractivity contribution in [3.05, 3.63) is 21.2 Å². The number of hydrogen-bond donors (Lipinski definition) is 1. The van der Waals surface area contributed by atoms with Crippen LogP contribution in [0.25, 0.3) is 0 Å². The smallest absolute Gasteiger partial charge is 0.267 e. The second-order valence-electron chi connectivity index (χ2n) is 3.35. The molecule has 0 radical (unpaired) electrons. The maximum atomic E-state index is 11.4. The second kappa shape index (κ2) is 5.65. The number of anilines is 1. The van der Waals surface area contributed by atoms with Gasteiger partial charge in [-0.05, 0) is 29.8 Å². The number of rotatable bonds is 4. The van der Waals surface area contributed by atoms with E-state index in [1.807, 2.05) is 0 Å². The van der Waals surface area contributed by atoms with Crippen molar-refractivity contribution >= 4 is 37.7 Å². The highest BCUT2D eigenvalue weighted by Gasteiger charge is 2.15. The molecule has 1 aromatic rings. The van der Waals surface area contributed by atoms with E-state index in [-0.39, 0.29) is 5.56 Å². The number of H-pyrrole nitrogens is 1. The highest BCUT2D eigenvalue weighted by Crippen LogP contribution is 2.20. The fourth-order valence-electron chi connectivity index (χ4n) is 1.27. The first-order chi connectivity index (χ1) is 7.07. The van der Waals surface area contributed by atoms with Crippen molar-refractivity contribution in [2.45, 2.75) is 19.9 Å². The van der Waals surface area contributed by atoms with Crippen molar-refractivity contribution in [2.24, 2.45) is 0 Å². The molecule has 1 rings (SSSR count). The Kier molecular flexibility index (Phi) is 4.79. The molecular weight excluding hydrogens is 326 g/mol. The lowest BCUT2D eigenvalue weighted by Gasteiger charge is -2.27. The fourth-order valence-corrected chi connectivity index (χ4v) is 2.10. The molecule has 1 N–H and O–H groups in total. The number of halogens is 2. The summed E-state index contributed by atoms with van der Waals surface area (Å²) in [5.41, 5.74) is -0.153. The quantitative estimate of drug-likeness (QED) is 0.856. The van der Waals surface area contributed by atoms with Crippen LogP contribution in [0.3, 0.4) is 0 Å². The summed E-state index contributed by atoms with van der Waals surface area (Å²) in [6, 6.07) is 0.299. The van der Waals surface area contributed by atoms with E-state index in [0.29, 0.717) is 16.3 Å². The van der Waals surface area contributed by atoms with Gasteiger partial charge in [0.25, 0.3) is 5.56 Å². The number of hydrogen-bond acceptors (Lipinski definition) is 3. The van der Waals surface area contributed by atoms with Gasteiger partial charge in [0.15, 0.2) is 5.82 Å². The van der Waals surface area contributed by atoms with E-state index in [1.165, 1.54) is 6.33 Å². The molecule has 0 aliphatic heterocycles. The van der Waals surface area contributed by atoms with Crippen LogP contribution in [0.15, 0.2) is 15.6 Å². The molecule has 0 unspecified atom stereocenters. The first kappa shape index (κ1) is 12.7. The zero-order valence-corrected chi connectivity index (χ0v) is 11.8. The number of nitrogens with one attached hydrogen (secondary N) is 1. The highest BCUT2D eigenvalue weighted by molar-refractivity contribution is 9.10. The van der Waals surface area contributed by atoms with Crippen molar-refractivity contribution in [1.29, 1.82) is 0 Å². The first-order valence-electron chi connectivity index (χ1n) is 4.63. The Morgan fingerprint density at radius 2 is 2.27 bits per heavy atom. The topological polar surface area (TPSA) is 49.0 Å². The summed E-state index contributed by atoms with van der Waals surface area (Å²) in [5, 5.41) is 0.839. The Hall–Kier alpha value is -0.360. The molecule has 0 aromatic carbocycles. The number of aromatic amines is 1. The molecule has 4 nitrogen and oxygen atoms in total. The van der Waals surface area contributed by atoms with Gasteiger partial charge < -0.3 is 9.88 Å². The summed E-state index contributed by atoms with van der Waals surface area (Å²) in [5.74, 6) is 0.688. The SMILES string of the molecule is CC(C)N(CCBr)c1nc[nH]c(=O)c1Br. The summed E-state index contributed by atoms with van der Waals surface area (Å²) >= 11 is 6.64. The van der Waals surface area contributed by atoms with Gasteiger partial charge in [-0.15, -0.1) is 0 Å². The summed E-state index contributed by atoms with van der Waals surface area (Å²) in [6.07, 6.45) is 1.42. The van der Waals surface area contributed by atoms with E-state index < -0.39 is 0 Å².